The number of allylic oxidation sites excluding steroid dienone is 2. The zero-order valence-corrected chi connectivity index (χ0v) is 12.7. The van der Waals surface area contributed by atoms with Gasteiger partial charge in [-0.25, -0.2) is 6.61 Å². The molecule has 1 N–H and O–H groups in total. The third kappa shape index (κ3) is 9.42. The summed E-state index contributed by atoms with van der Waals surface area (Å²) in [5.74, 6) is 0.140. The van der Waals surface area contributed by atoms with Crippen LogP contribution >= 0.6 is 0 Å². The maximum atomic E-state index is 9.72. The maximum absolute atomic E-state index is 9.72. The smallest absolute Gasteiger partial charge is 0.566 e. The van der Waals surface area contributed by atoms with Gasteiger partial charge in [0.2, 0.25) is 0 Å². The number of aldehydes is 1. The van der Waals surface area contributed by atoms with Gasteiger partial charge < -0.3 is 5.11 Å². The van der Waals surface area contributed by atoms with Crippen LogP contribution in [0.4, 0.5) is 0 Å². The summed E-state index contributed by atoms with van der Waals surface area (Å²) in [7, 11) is 0. The molecule has 0 spiro atoms. The van der Waals surface area contributed by atoms with E-state index in [4.69, 9.17) is 5.11 Å². The van der Waals surface area contributed by atoms with E-state index < -0.39 is 0 Å². The van der Waals surface area contributed by atoms with Gasteiger partial charge in [0, 0.05) is 0 Å². The first-order valence-electron chi connectivity index (χ1n) is 2.89. The Morgan fingerprint density at radius 3 is 2.70 bits per heavy atom. The molecular formula is C7H11CsO2. The summed E-state index contributed by atoms with van der Waals surface area (Å²) in [5.41, 5.74) is 0. The van der Waals surface area contributed by atoms with E-state index in [1.165, 1.54) is 6.08 Å². The van der Waals surface area contributed by atoms with Crippen LogP contribution in [0.25, 0.3) is 0 Å². The molecule has 3 heteroatoms. The standard InChI is InChI=1S/C7H11O2.Cs/c1-7(6-9)4-2-3-5-8;/h2-3,5-7,9H,4H2,1H3;/q-1;+1/b3-2+;/t7-;/m1./s1. The second-order valence-electron chi connectivity index (χ2n) is 1.93. The summed E-state index contributed by atoms with van der Waals surface area (Å²) in [6, 6.07) is 0. The van der Waals surface area contributed by atoms with Crippen LogP contribution < -0.4 is 68.9 Å². The van der Waals surface area contributed by atoms with Crippen molar-refractivity contribution in [1.29, 1.82) is 0 Å². The molecule has 0 unspecified atom stereocenters. The summed E-state index contributed by atoms with van der Waals surface area (Å²) in [6.45, 7) is 2.99. The van der Waals surface area contributed by atoms with Crippen molar-refractivity contribution in [2.45, 2.75) is 13.3 Å². The fourth-order valence-electron chi connectivity index (χ4n) is 0.410. The Labute approximate surface area is 120 Å². The van der Waals surface area contributed by atoms with Crippen LogP contribution in [0, 0.1) is 12.5 Å². The van der Waals surface area contributed by atoms with E-state index in [2.05, 4.69) is 0 Å². The minimum atomic E-state index is 0. The molecule has 0 aromatic carbocycles. The van der Waals surface area contributed by atoms with Gasteiger partial charge in [-0.1, -0.05) is 19.4 Å². The van der Waals surface area contributed by atoms with Gasteiger partial charge >= 0.3 is 68.9 Å². The van der Waals surface area contributed by atoms with Crippen molar-refractivity contribution < 1.29 is 78.8 Å². The van der Waals surface area contributed by atoms with Gasteiger partial charge in [-0.3, -0.25) is 4.79 Å². The van der Waals surface area contributed by atoms with Crippen LogP contribution in [-0.4, -0.2) is 11.4 Å². The molecule has 0 amide bonds. The van der Waals surface area contributed by atoms with Gasteiger partial charge in [0.1, 0.15) is 6.29 Å². The number of hydrogen-bond acceptors (Lipinski definition) is 2. The van der Waals surface area contributed by atoms with Crippen LogP contribution in [0.2, 0.25) is 0 Å². The summed E-state index contributed by atoms with van der Waals surface area (Å²) >= 11 is 0. The molecule has 10 heavy (non-hydrogen) atoms. The Bertz CT molecular complexity index is 102. The average Bonchev–Trinajstić information content (AvgIpc) is 1.89. The quantitative estimate of drug-likeness (QED) is 0.372. The van der Waals surface area contributed by atoms with E-state index in [-0.39, 0.29) is 74.8 Å². The normalized spacial score (nSPS) is 12.6. The first-order chi connectivity index (χ1) is 4.31. The van der Waals surface area contributed by atoms with E-state index in [1.807, 2.05) is 6.92 Å². The van der Waals surface area contributed by atoms with Gasteiger partial charge in [-0.2, -0.15) is 0 Å². The Kier molecular flexibility index (Phi) is 14.6. The third-order valence-corrected chi connectivity index (χ3v) is 0.977. The molecule has 0 saturated heterocycles. The van der Waals surface area contributed by atoms with Crippen molar-refractivity contribution in [3.05, 3.63) is 18.8 Å². The largest absolute Gasteiger partial charge is 1.00 e. The SMILES string of the molecule is C[C@@H]([CH-]O)C/C=C/C=O.[Cs+]. The van der Waals surface area contributed by atoms with Crippen molar-refractivity contribution in [3.63, 3.8) is 0 Å². The van der Waals surface area contributed by atoms with Crippen molar-refractivity contribution >= 4 is 6.29 Å². The minimum Gasteiger partial charge on any atom is -0.566 e. The van der Waals surface area contributed by atoms with Gasteiger partial charge in [0.05, 0.1) is 0 Å². The molecule has 0 aliphatic rings. The van der Waals surface area contributed by atoms with Crippen LogP contribution in [0.3, 0.4) is 0 Å². The van der Waals surface area contributed by atoms with Crippen LogP contribution in [0.5, 0.6) is 0 Å². The minimum absolute atomic E-state index is 0. The van der Waals surface area contributed by atoms with Crippen molar-refractivity contribution in [1.82, 2.24) is 0 Å². The fraction of sp³-hybridized carbons (Fsp3) is 0.429. The van der Waals surface area contributed by atoms with E-state index in [0.29, 0.717) is 0 Å². The van der Waals surface area contributed by atoms with Gasteiger partial charge in [0.25, 0.3) is 0 Å². The predicted octanol–water partition coefficient (Wildman–Crippen LogP) is -1.69. The number of aliphatic hydroxyl groups excluding tert-OH is 1. The third-order valence-electron chi connectivity index (χ3n) is 0.977. The fourth-order valence-corrected chi connectivity index (χ4v) is 0.410. The molecule has 0 saturated carbocycles. The number of rotatable bonds is 4. The molecule has 2 nitrogen and oxygen atoms in total. The Morgan fingerprint density at radius 2 is 2.30 bits per heavy atom. The predicted molar refractivity (Wildman–Crippen MR) is 35.2 cm³/mol. The molecule has 0 aliphatic heterocycles. The van der Waals surface area contributed by atoms with Gasteiger partial charge in [-0.15, -0.1) is 5.92 Å². The van der Waals surface area contributed by atoms with Gasteiger partial charge in [-0.05, 0) is 6.08 Å². The molecule has 0 aliphatic carbocycles. The van der Waals surface area contributed by atoms with Crippen molar-refractivity contribution in [2.24, 2.45) is 5.92 Å². The van der Waals surface area contributed by atoms with Gasteiger partial charge in [0.15, 0.2) is 0 Å². The summed E-state index contributed by atoms with van der Waals surface area (Å²) in [4.78, 5) is 9.72. The zero-order valence-electron chi connectivity index (χ0n) is 6.45. The summed E-state index contributed by atoms with van der Waals surface area (Å²) < 4.78 is 0. The van der Waals surface area contributed by atoms with Crippen LogP contribution in [0.1, 0.15) is 13.3 Å². The molecule has 0 fully saturated rings. The van der Waals surface area contributed by atoms with Crippen molar-refractivity contribution in [3.8, 4) is 0 Å². The molecule has 0 heterocycles. The second kappa shape index (κ2) is 10.4. The molecular weight excluding hydrogens is 249 g/mol. The molecule has 0 aromatic heterocycles. The summed E-state index contributed by atoms with van der Waals surface area (Å²) in [5, 5.41) is 8.39. The van der Waals surface area contributed by atoms with Crippen molar-refractivity contribution in [2.75, 3.05) is 0 Å². The van der Waals surface area contributed by atoms with E-state index in [0.717, 1.165) is 19.3 Å². The molecule has 0 aromatic rings. The molecule has 0 rings (SSSR count). The molecule has 52 valence electrons. The number of carbonyl (C=O) groups excluding carboxylic acids is 1. The summed E-state index contributed by atoms with van der Waals surface area (Å²) in [6.07, 6.45) is 4.60. The molecule has 0 bridgehead atoms. The Morgan fingerprint density at radius 1 is 1.70 bits per heavy atom. The second-order valence-corrected chi connectivity index (χ2v) is 1.93. The van der Waals surface area contributed by atoms with E-state index in [9.17, 15) is 4.79 Å². The Hall–Kier alpha value is 1.42. The topological polar surface area (TPSA) is 37.3 Å². The number of aliphatic hydroxyl groups is 1. The van der Waals surface area contributed by atoms with E-state index in [1.54, 1.807) is 6.08 Å². The molecule has 1 atom stereocenters. The maximum Gasteiger partial charge on any atom is 1.00 e. The average molecular weight is 260 g/mol. The first-order valence-corrected chi connectivity index (χ1v) is 2.89. The van der Waals surface area contributed by atoms with Crippen LogP contribution in [-0.2, 0) is 4.79 Å². The Balaban J connectivity index is 0. The monoisotopic (exact) mass is 260 g/mol. The van der Waals surface area contributed by atoms with E-state index >= 15 is 0 Å². The number of carbonyl (C=O) groups is 1. The number of hydrogen-bond donors (Lipinski definition) is 1. The van der Waals surface area contributed by atoms with Crippen LogP contribution in [0.15, 0.2) is 12.2 Å². The zero-order chi connectivity index (χ0) is 7.11. The first kappa shape index (κ1) is 14.0. The molecule has 0 radical (unpaired) electrons.